The Hall–Kier alpha value is -2.08. The van der Waals surface area contributed by atoms with Crippen molar-refractivity contribution < 1.29 is 10.2 Å². The van der Waals surface area contributed by atoms with Crippen molar-refractivity contribution in [2.75, 3.05) is 5.33 Å². The largest absolute Gasteiger partial charge is 0.390 e. The van der Waals surface area contributed by atoms with E-state index in [1.165, 1.54) is 17.3 Å². The van der Waals surface area contributed by atoms with Crippen molar-refractivity contribution >= 4 is 37.7 Å². The average Bonchev–Trinajstić information content (AvgIpc) is 3.39. The molecule has 4 rings (SSSR count). The van der Waals surface area contributed by atoms with Gasteiger partial charge in [0, 0.05) is 34.3 Å². The van der Waals surface area contributed by atoms with Gasteiger partial charge in [-0.1, -0.05) is 80.0 Å². The van der Waals surface area contributed by atoms with Gasteiger partial charge in [-0.25, -0.2) is 0 Å². The number of nitrogens with zero attached hydrogens (tertiary/aromatic N) is 1. The molecule has 4 aromatic rings. The van der Waals surface area contributed by atoms with E-state index in [2.05, 4.69) is 77.4 Å². The lowest BCUT2D eigenvalue weighted by Gasteiger charge is -2.10. The molecule has 2 aromatic heterocycles. The van der Waals surface area contributed by atoms with Crippen LogP contribution in [-0.4, -0.2) is 25.1 Å². The number of aromatic nitrogens is 2. The Bertz CT molecular complexity index is 1050. The van der Waals surface area contributed by atoms with Gasteiger partial charge in [0.1, 0.15) is 0 Å². The van der Waals surface area contributed by atoms with Crippen LogP contribution in [0.1, 0.15) is 51.9 Å². The summed E-state index contributed by atoms with van der Waals surface area (Å²) < 4.78 is 2.23. The lowest BCUT2D eigenvalue weighted by atomic mass is 10.1. The summed E-state index contributed by atoms with van der Waals surface area (Å²) in [6.45, 7) is 10.1. The molecule has 0 aliphatic heterocycles. The van der Waals surface area contributed by atoms with E-state index in [1.54, 1.807) is 0 Å². The van der Waals surface area contributed by atoms with Crippen LogP contribution in [0.25, 0.3) is 21.8 Å². The highest BCUT2D eigenvalue weighted by molar-refractivity contribution is 9.09. The summed E-state index contributed by atoms with van der Waals surface area (Å²) in [5.41, 5.74) is 4.19. The van der Waals surface area contributed by atoms with Gasteiger partial charge >= 0.3 is 0 Å². The van der Waals surface area contributed by atoms with E-state index < -0.39 is 0 Å². The molecule has 5 heteroatoms. The molecule has 0 aliphatic rings. The number of halogens is 1. The molecule has 0 atom stereocenters. The second kappa shape index (κ2) is 14.2. The van der Waals surface area contributed by atoms with Gasteiger partial charge in [0.15, 0.2) is 0 Å². The Balaban J connectivity index is 0.000000196. The van der Waals surface area contributed by atoms with E-state index in [0.29, 0.717) is 5.92 Å². The minimum atomic E-state index is 0.0781. The van der Waals surface area contributed by atoms with Gasteiger partial charge in [0.05, 0.1) is 13.2 Å². The molecule has 0 saturated carbocycles. The van der Waals surface area contributed by atoms with Gasteiger partial charge in [-0.3, -0.25) is 0 Å². The molecule has 0 saturated heterocycles. The van der Waals surface area contributed by atoms with Gasteiger partial charge in [-0.15, -0.1) is 0 Å². The first-order valence-corrected chi connectivity index (χ1v) is 12.9. The van der Waals surface area contributed by atoms with E-state index in [-0.39, 0.29) is 13.2 Å². The number of aromatic amines is 1. The highest BCUT2D eigenvalue weighted by Gasteiger charge is 2.07. The molecule has 0 radical (unpaired) electrons. The SMILES string of the molecule is CC(C)CCBr.CC(C)CCn1c(CO)cc2ccccc21.OCc1cc2ccccc2[nH]1. The number of rotatable bonds is 7. The molecule has 0 unspecified atom stereocenters. The minimum Gasteiger partial charge on any atom is -0.390 e. The zero-order valence-electron chi connectivity index (χ0n) is 20.4. The third-order valence-electron chi connectivity index (χ3n) is 5.43. The van der Waals surface area contributed by atoms with E-state index in [1.807, 2.05) is 36.4 Å². The van der Waals surface area contributed by atoms with Gasteiger partial charge in [0.25, 0.3) is 0 Å². The fourth-order valence-electron chi connectivity index (χ4n) is 3.49. The number of fused-ring (bicyclic) bond motifs is 2. The molecular weight excluding hydrogens is 476 g/mol. The van der Waals surface area contributed by atoms with Crippen molar-refractivity contribution in [2.24, 2.45) is 11.8 Å². The molecule has 0 bridgehead atoms. The third kappa shape index (κ3) is 8.65. The normalized spacial score (nSPS) is 10.9. The highest BCUT2D eigenvalue weighted by atomic mass is 79.9. The maximum Gasteiger partial charge on any atom is 0.0833 e. The zero-order chi connectivity index (χ0) is 24.2. The molecule has 4 nitrogen and oxygen atoms in total. The predicted molar refractivity (Wildman–Crippen MR) is 145 cm³/mol. The number of aryl methyl sites for hydroxylation is 1. The van der Waals surface area contributed by atoms with Crippen LogP contribution in [0.3, 0.4) is 0 Å². The highest BCUT2D eigenvalue weighted by Crippen LogP contribution is 2.21. The first-order valence-electron chi connectivity index (χ1n) is 11.8. The van der Waals surface area contributed by atoms with Gasteiger partial charge < -0.3 is 19.8 Å². The Morgan fingerprint density at radius 2 is 1.45 bits per heavy atom. The summed E-state index contributed by atoms with van der Waals surface area (Å²) in [5, 5.41) is 21.7. The number of aliphatic hydroxyl groups is 2. The van der Waals surface area contributed by atoms with Gasteiger partial charge in [-0.2, -0.15) is 0 Å². The van der Waals surface area contributed by atoms with Crippen LogP contribution >= 0.6 is 15.9 Å². The standard InChI is InChI=1S/C14H19NO.C9H9NO.C5H11Br/c1-11(2)7-8-15-13(10-16)9-12-5-3-4-6-14(12)15;11-6-8-5-7-3-1-2-4-9(7)10-8;1-5(2)3-4-6/h3-6,9,11,16H,7-8,10H2,1-2H3;1-5,10-11H,6H2;5H,3-4H2,1-2H3. The Morgan fingerprint density at radius 3 is 2.00 bits per heavy atom. The fraction of sp³-hybridized carbons (Fsp3) is 0.429. The topological polar surface area (TPSA) is 61.2 Å². The average molecular weight is 516 g/mol. The Labute approximate surface area is 206 Å². The fourth-order valence-corrected chi connectivity index (χ4v) is 4.40. The summed E-state index contributed by atoms with van der Waals surface area (Å²) in [6.07, 6.45) is 2.44. The molecular formula is C28H39BrN2O2. The van der Waals surface area contributed by atoms with Crippen molar-refractivity contribution in [3.8, 4) is 0 Å². The molecule has 180 valence electrons. The van der Waals surface area contributed by atoms with Crippen LogP contribution < -0.4 is 0 Å². The van der Waals surface area contributed by atoms with E-state index in [9.17, 15) is 5.11 Å². The van der Waals surface area contributed by atoms with Gasteiger partial charge in [-0.05, 0) is 59.7 Å². The number of benzene rings is 2. The van der Waals surface area contributed by atoms with Crippen LogP contribution in [0.2, 0.25) is 0 Å². The lowest BCUT2D eigenvalue weighted by Crippen LogP contribution is -2.05. The van der Waals surface area contributed by atoms with Crippen molar-refractivity contribution in [3.63, 3.8) is 0 Å². The van der Waals surface area contributed by atoms with Crippen molar-refractivity contribution in [3.05, 3.63) is 72.1 Å². The molecule has 0 fully saturated rings. The molecule has 2 aromatic carbocycles. The number of H-pyrrole nitrogens is 1. The number of aliphatic hydroxyl groups excluding tert-OH is 2. The quantitative estimate of drug-likeness (QED) is 0.227. The van der Waals surface area contributed by atoms with Crippen LogP contribution in [0.15, 0.2) is 60.7 Å². The second-order valence-electron chi connectivity index (χ2n) is 9.10. The number of para-hydroxylation sites is 2. The van der Waals surface area contributed by atoms with Gasteiger partial charge in [0.2, 0.25) is 0 Å². The number of alkyl halides is 1. The Kier molecular flexibility index (Phi) is 11.7. The first-order chi connectivity index (χ1) is 15.9. The minimum absolute atomic E-state index is 0.0781. The van der Waals surface area contributed by atoms with Crippen LogP contribution in [0, 0.1) is 11.8 Å². The van der Waals surface area contributed by atoms with E-state index >= 15 is 0 Å². The molecule has 0 spiro atoms. The monoisotopic (exact) mass is 514 g/mol. The molecule has 0 amide bonds. The van der Waals surface area contributed by atoms with Crippen molar-refractivity contribution in [1.29, 1.82) is 0 Å². The maximum absolute atomic E-state index is 9.36. The Morgan fingerprint density at radius 1 is 0.818 bits per heavy atom. The van der Waals surface area contributed by atoms with E-state index in [4.69, 9.17) is 5.11 Å². The summed E-state index contributed by atoms with van der Waals surface area (Å²) >= 11 is 3.35. The predicted octanol–water partition coefficient (Wildman–Crippen LogP) is 7.27. The van der Waals surface area contributed by atoms with E-state index in [0.717, 1.165) is 46.5 Å². The molecule has 2 heterocycles. The summed E-state index contributed by atoms with van der Waals surface area (Å²) in [5.74, 6) is 1.54. The van der Waals surface area contributed by atoms with Crippen LogP contribution in [0.5, 0.6) is 0 Å². The van der Waals surface area contributed by atoms with Crippen molar-refractivity contribution in [1.82, 2.24) is 9.55 Å². The summed E-state index contributed by atoms with van der Waals surface area (Å²) in [4.78, 5) is 3.10. The number of nitrogens with one attached hydrogen (secondary N) is 1. The summed E-state index contributed by atoms with van der Waals surface area (Å²) in [7, 11) is 0. The number of hydrogen-bond acceptors (Lipinski definition) is 2. The van der Waals surface area contributed by atoms with Crippen LogP contribution in [-0.2, 0) is 19.8 Å². The van der Waals surface area contributed by atoms with Crippen molar-refractivity contribution in [2.45, 2.75) is 60.3 Å². The molecule has 3 N–H and O–H groups in total. The third-order valence-corrected chi connectivity index (χ3v) is 5.89. The zero-order valence-corrected chi connectivity index (χ0v) is 22.0. The molecule has 0 aliphatic carbocycles. The molecule has 33 heavy (non-hydrogen) atoms. The number of hydrogen-bond donors (Lipinski definition) is 3. The second-order valence-corrected chi connectivity index (χ2v) is 9.89. The smallest absolute Gasteiger partial charge is 0.0833 e. The summed E-state index contributed by atoms with van der Waals surface area (Å²) in [6, 6.07) is 20.3. The maximum atomic E-state index is 9.36. The van der Waals surface area contributed by atoms with Crippen LogP contribution in [0.4, 0.5) is 0 Å². The first kappa shape index (κ1) is 27.2. The lowest BCUT2D eigenvalue weighted by molar-refractivity contribution is 0.270.